The number of hydrogen-bond acceptors (Lipinski definition) is 5. The summed E-state index contributed by atoms with van der Waals surface area (Å²) in [6.45, 7) is 0.131. The van der Waals surface area contributed by atoms with E-state index in [4.69, 9.17) is 4.74 Å². The number of nitrogens with zero attached hydrogens (tertiary/aromatic N) is 2. The number of anilines is 1. The largest absolute Gasteiger partial charge is 0.504 e. The van der Waals surface area contributed by atoms with Gasteiger partial charge in [-0.1, -0.05) is 0 Å². The monoisotopic (exact) mass is 292 g/mol. The third-order valence-corrected chi connectivity index (χ3v) is 4.04. The van der Waals surface area contributed by atoms with E-state index in [-0.39, 0.29) is 41.8 Å². The zero-order chi connectivity index (χ0) is 15.3. The first-order valence-electron chi connectivity index (χ1n) is 6.61. The van der Waals surface area contributed by atoms with E-state index in [1.54, 1.807) is 7.05 Å². The van der Waals surface area contributed by atoms with Crippen molar-refractivity contribution in [3.63, 3.8) is 0 Å². The number of phenolic OH excluding ortho intramolecular Hbond substituents is 1. The highest BCUT2D eigenvalue weighted by Crippen LogP contribution is 2.38. The molecule has 21 heavy (non-hydrogen) atoms. The zero-order valence-corrected chi connectivity index (χ0v) is 11.7. The Labute approximate surface area is 121 Å². The Morgan fingerprint density at radius 2 is 2.05 bits per heavy atom. The molecule has 7 heteroatoms. The lowest BCUT2D eigenvalue weighted by Gasteiger charge is -2.22. The molecule has 2 atom stereocenters. The number of benzene rings is 1. The molecule has 1 fully saturated rings. The van der Waals surface area contributed by atoms with E-state index in [2.05, 4.69) is 0 Å². The number of amides is 2. The normalized spacial score (nSPS) is 24.7. The molecule has 1 saturated heterocycles. The molecule has 2 heterocycles. The Morgan fingerprint density at radius 3 is 2.71 bits per heavy atom. The van der Waals surface area contributed by atoms with Gasteiger partial charge in [-0.3, -0.25) is 9.59 Å². The summed E-state index contributed by atoms with van der Waals surface area (Å²) >= 11 is 0. The Kier molecular flexibility index (Phi) is 3.02. The van der Waals surface area contributed by atoms with Gasteiger partial charge in [0.25, 0.3) is 5.91 Å². The summed E-state index contributed by atoms with van der Waals surface area (Å²) < 4.78 is 5.02. The van der Waals surface area contributed by atoms with Crippen molar-refractivity contribution in [3.05, 3.63) is 17.7 Å². The van der Waals surface area contributed by atoms with Crippen LogP contribution in [0.2, 0.25) is 0 Å². The van der Waals surface area contributed by atoms with Crippen LogP contribution in [0.3, 0.4) is 0 Å². The fourth-order valence-electron chi connectivity index (χ4n) is 2.94. The Bertz CT molecular complexity index is 630. The van der Waals surface area contributed by atoms with Crippen LogP contribution >= 0.6 is 0 Å². The maximum absolute atomic E-state index is 12.6. The Hall–Kier alpha value is -2.28. The summed E-state index contributed by atoms with van der Waals surface area (Å²) in [5.41, 5.74) is 0.615. The lowest BCUT2D eigenvalue weighted by molar-refractivity contribution is -0.121. The van der Waals surface area contributed by atoms with E-state index in [1.165, 1.54) is 29.0 Å². The second kappa shape index (κ2) is 4.63. The fourth-order valence-corrected chi connectivity index (χ4v) is 2.94. The summed E-state index contributed by atoms with van der Waals surface area (Å²) in [7, 11) is 2.94. The number of likely N-dealkylation sites (N-methyl/N-ethyl adjacent to an activating group) is 1. The van der Waals surface area contributed by atoms with E-state index in [0.29, 0.717) is 5.69 Å². The van der Waals surface area contributed by atoms with Gasteiger partial charge in [0.1, 0.15) is 6.04 Å². The van der Waals surface area contributed by atoms with Gasteiger partial charge >= 0.3 is 0 Å². The molecule has 0 bridgehead atoms. The van der Waals surface area contributed by atoms with Crippen LogP contribution in [-0.4, -0.2) is 59.8 Å². The molecule has 0 unspecified atom stereocenters. The van der Waals surface area contributed by atoms with Gasteiger partial charge in [-0.2, -0.15) is 0 Å². The summed E-state index contributed by atoms with van der Waals surface area (Å²) in [6, 6.07) is 2.10. The molecule has 1 aromatic rings. The molecule has 0 saturated carbocycles. The van der Waals surface area contributed by atoms with E-state index in [0.717, 1.165) is 0 Å². The molecule has 2 amide bonds. The van der Waals surface area contributed by atoms with Crippen molar-refractivity contribution in [1.82, 2.24) is 4.90 Å². The standard InChI is InChI=1S/C14H16N2O5/c1-15-9-5-11(18)12(21-2)4-8(9)13(19)16-6-7(17)3-10(16)14(15)20/h4-5,7,10,17-18H,3,6H2,1-2H3/t7-,10+/m1/s1. The molecular formula is C14H16N2O5. The van der Waals surface area contributed by atoms with Crippen molar-refractivity contribution in [2.45, 2.75) is 18.6 Å². The van der Waals surface area contributed by atoms with Crippen LogP contribution < -0.4 is 9.64 Å². The molecule has 2 aliphatic heterocycles. The topological polar surface area (TPSA) is 90.3 Å². The Balaban J connectivity index is 2.17. The van der Waals surface area contributed by atoms with Crippen molar-refractivity contribution < 1.29 is 24.5 Å². The maximum Gasteiger partial charge on any atom is 0.256 e. The first-order chi connectivity index (χ1) is 9.93. The zero-order valence-electron chi connectivity index (χ0n) is 11.7. The van der Waals surface area contributed by atoms with Crippen LogP contribution in [0, 0.1) is 0 Å². The van der Waals surface area contributed by atoms with E-state index in [1.807, 2.05) is 0 Å². The number of aliphatic hydroxyl groups excluding tert-OH is 1. The summed E-state index contributed by atoms with van der Waals surface area (Å²) in [4.78, 5) is 27.8. The highest BCUT2D eigenvalue weighted by atomic mass is 16.5. The summed E-state index contributed by atoms with van der Waals surface area (Å²) in [5, 5.41) is 19.6. The van der Waals surface area contributed by atoms with Crippen LogP contribution in [-0.2, 0) is 4.79 Å². The van der Waals surface area contributed by atoms with Crippen LogP contribution in [0.5, 0.6) is 11.5 Å². The first kappa shape index (κ1) is 13.7. The number of rotatable bonds is 1. The maximum atomic E-state index is 12.6. The number of phenols is 1. The summed E-state index contributed by atoms with van der Waals surface area (Å²) in [6.07, 6.45) is -0.469. The van der Waals surface area contributed by atoms with E-state index in [9.17, 15) is 19.8 Å². The number of hydrogen-bond donors (Lipinski definition) is 2. The van der Waals surface area contributed by atoms with Gasteiger partial charge in [0, 0.05) is 26.1 Å². The van der Waals surface area contributed by atoms with Gasteiger partial charge in [0.2, 0.25) is 5.91 Å². The average molecular weight is 292 g/mol. The second-order valence-electron chi connectivity index (χ2n) is 5.30. The first-order valence-corrected chi connectivity index (χ1v) is 6.61. The minimum Gasteiger partial charge on any atom is -0.504 e. The van der Waals surface area contributed by atoms with Gasteiger partial charge in [0.05, 0.1) is 24.5 Å². The molecule has 1 aromatic carbocycles. The minimum absolute atomic E-state index is 0.131. The van der Waals surface area contributed by atoms with E-state index < -0.39 is 12.1 Å². The number of fused-ring (bicyclic) bond motifs is 2. The predicted molar refractivity (Wildman–Crippen MR) is 73.5 cm³/mol. The van der Waals surface area contributed by atoms with Crippen molar-refractivity contribution in [2.24, 2.45) is 0 Å². The average Bonchev–Trinajstić information content (AvgIpc) is 2.83. The van der Waals surface area contributed by atoms with Crippen molar-refractivity contribution in [1.29, 1.82) is 0 Å². The molecule has 0 aliphatic carbocycles. The minimum atomic E-state index is -0.697. The quantitative estimate of drug-likeness (QED) is 0.757. The number of aromatic hydroxyl groups is 1. The number of carbonyl (C=O) groups excluding carboxylic acids is 2. The Morgan fingerprint density at radius 1 is 1.33 bits per heavy atom. The lowest BCUT2D eigenvalue weighted by atomic mass is 10.1. The predicted octanol–water partition coefficient (Wildman–Crippen LogP) is -0.0474. The third kappa shape index (κ3) is 1.92. The van der Waals surface area contributed by atoms with Gasteiger partial charge in [-0.15, -0.1) is 0 Å². The smallest absolute Gasteiger partial charge is 0.256 e. The van der Waals surface area contributed by atoms with Crippen LogP contribution in [0.25, 0.3) is 0 Å². The molecular weight excluding hydrogens is 276 g/mol. The van der Waals surface area contributed by atoms with Crippen LogP contribution in [0.4, 0.5) is 5.69 Å². The van der Waals surface area contributed by atoms with Crippen LogP contribution in [0.15, 0.2) is 12.1 Å². The second-order valence-corrected chi connectivity index (χ2v) is 5.30. The SMILES string of the molecule is COc1cc2c(cc1O)N(C)C(=O)[C@@H]1C[C@@H](O)CN1C2=O. The van der Waals surface area contributed by atoms with Crippen molar-refractivity contribution >= 4 is 17.5 Å². The van der Waals surface area contributed by atoms with Gasteiger partial charge in [0.15, 0.2) is 11.5 Å². The molecule has 112 valence electrons. The molecule has 7 nitrogen and oxygen atoms in total. The molecule has 0 radical (unpaired) electrons. The molecule has 0 aromatic heterocycles. The fraction of sp³-hybridized carbons (Fsp3) is 0.429. The highest BCUT2D eigenvalue weighted by molar-refractivity contribution is 6.11. The van der Waals surface area contributed by atoms with E-state index >= 15 is 0 Å². The third-order valence-electron chi connectivity index (χ3n) is 4.04. The number of carbonyl (C=O) groups is 2. The molecule has 2 aliphatic rings. The van der Waals surface area contributed by atoms with Gasteiger partial charge in [-0.25, -0.2) is 0 Å². The molecule has 2 N–H and O–H groups in total. The number of ether oxygens (including phenoxy) is 1. The number of methoxy groups -OCH3 is 1. The highest BCUT2D eigenvalue weighted by Gasteiger charge is 2.44. The van der Waals surface area contributed by atoms with Gasteiger partial charge < -0.3 is 24.7 Å². The van der Waals surface area contributed by atoms with Crippen molar-refractivity contribution in [2.75, 3.05) is 25.6 Å². The van der Waals surface area contributed by atoms with Gasteiger partial charge in [-0.05, 0) is 6.07 Å². The molecule has 0 spiro atoms. The lowest BCUT2D eigenvalue weighted by Crippen LogP contribution is -2.43. The van der Waals surface area contributed by atoms with Crippen molar-refractivity contribution in [3.8, 4) is 11.5 Å². The number of aliphatic hydroxyl groups is 1. The molecule has 3 rings (SSSR count). The van der Waals surface area contributed by atoms with Crippen LogP contribution in [0.1, 0.15) is 16.8 Å². The summed E-state index contributed by atoms with van der Waals surface area (Å²) in [5.74, 6) is -0.585.